The Labute approximate surface area is 160 Å². The average molecular weight is 386 g/mol. The second-order valence-electron chi connectivity index (χ2n) is 5.97. The van der Waals surface area contributed by atoms with Gasteiger partial charge in [0.05, 0.1) is 18.6 Å². The standard InChI is InChI=1S/C20H22N2O4S/c1-5-14-22(15-17-8-6-16(2)7-9-17)20(23)18-10-12-19(13-11-18)27(24,25)21(3)26-4/h1,6-13H,14-15H2,2-4H3. The van der Waals surface area contributed by atoms with E-state index in [1.165, 1.54) is 43.3 Å². The molecule has 27 heavy (non-hydrogen) atoms. The summed E-state index contributed by atoms with van der Waals surface area (Å²) in [5.41, 5.74) is 2.45. The molecule has 0 aliphatic heterocycles. The lowest BCUT2D eigenvalue weighted by molar-refractivity contribution is -0.0258. The third-order valence-corrected chi connectivity index (χ3v) is 5.75. The average Bonchev–Trinajstić information content (AvgIpc) is 2.68. The molecule has 2 aromatic carbocycles. The largest absolute Gasteiger partial charge is 0.323 e. The van der Waals surface area contributed by atoms with Crippen molar-refractivity contribution in [1.29, 1.82) is 0 Å². The first-order valence-corrected chi connectivity index (χ1v) is 9.65. The van der Waals surface area contributed by atoms with Gasteiger partial charge in [0.25, 0.3) is 15.9 Å². The van der Waals surface area contributed by atoms with Crippen molar-refractivity contribution in [2.45, 2.75) is 18.4 Å². The molecule has 0 bridgehead atoms. The Bertz CT molecular complexity index is 929. The monoisotopic (exact) mass is 386 g/mol. The Balaban J connectivity index is 2.23. The molecule has 0 radical (unpaired) electrons. The summed E-state index contributed by atoms with van der Waals surface area (Å²) in [5, 5.41) is 0. The van der Waals surface area contributed by atoms with Gasteiger partial charge in [0.15, 0.2) is 0 Å². The molecule has 6 nitrogen and oxygen atoms in total. The van der Waals surface area contributed by atoms with E-state index in [1.807, 2.05) is 31.2 Å². The first-order chi connectivity index (χ1) is 12.8. The van der Waals surface area contributed by atoms with Gasteiger partial charge < -0.3 is 4.90 Å². The summed E-state index contributed by atoms with van der Waals surface area (Å²) in [5.74, 6) is 2.23. The van der Waals surface area contributed by atoms with E-state index < -0.39 is 10.0 Å². The van der Waals surface area contributed by atoms with E-state index in [1.54, 1.807) is 0 Å². The maximum Gasteiger partial charge on any atom is 0.264 e. The molecule has 0 saturated heterocycles. The number of terminal acetylenes is 1. The van der Waals surface area contributed by atoms with Crippen LogP contribution in [-0.4, -0.2) is 44.4 Å². The number of carbonyl (C=O) groups is 1. The molecule has 0 N–H and O–H groups in total. The molecule has 0 aliphatic rings. The number of sulfonamides is 1. The quantitative estimate of drug-likeness (QED) is 0.542. The predicted molar refractivity (Wildman–Crippen MR) is 103 cm³/mol. The lowest BCUT2D eigenvalue weighted by Crippen LogP contribution is -2.31. The molecule has 2 aromatic rings. The summed E-state index contributed by atoms with van der Waals surface area (Å²) in [6.45, 7) is 2.51. The Morgan fingerprint density at radius 1 is 1.11 bits per heavy atom. The zero-order valence-electron chi connectivity index (χ0n) is 15.5. The highest BCUT2D eigenvalue weighted by atomic mass is 32.2. The SMILES string of the molecule is C#CCN(Cc1ccc(C)cc1)C(=O)c1ccc(S(=O)(=O)N(C)OC)cc1. The molecule has 0 saturated carbocycles. The van der Waals surface area contributed by atoms with Gasteiger partial charge in [-0.15, -0.1) is 6.42 Å². The number of hydroxylamine groups is 1. The fraction of sp³-hybridized carbons (Fsp3) is 0.250. The van der Waals surface area contributed by atoms with Crippen molar-refractivity contribution in [1.82, 2.24) is 9.37 Å². The molecule has 0 heterocycles. The van der Waals surface area contributed by atoms with Crippen molar-refractivity contribution in [2.24, 2.45) is 0 Å². The van der Waals surface area contributed by atoms with E-state index >= 15 is 0 Å². The minimum atomic E-state index is -3.76. The van der Waals surface area contributed by atoms with Gasteiger partial charge in [-0.1, -0.05) is 40.2 Å². The van der Waals surface area contributed by atoms with Gasteiger partial charge in [-0.25, -0.2) is 8.42 Å². The van der Waals surface area contributed by atoms with Crippen LogP contribution in [0.15, 0.2) is 53.4 Å². The van der Waals surface area contributed by atoms with Gasteiger partial charge in [-0.3, -0.25) is 9.63 Å². The lowest BCUT2D eigenvalue weighted by atomic mass is 10.1. The number of hydrogen-bond donors (Lipinski definition) is 0. The minimum Gasteiger partial charge on any atom is -0.323 e. The van der Waals surface area contributed by atoms with Crippen molar-refractivity contribution < 1.29 is 18.0 Å². The summed E-state index contributed by atoms with van der Waals surface area (Å²) in [6, 6.07) is 13.5. The van der Waals surface area contributed by atoms with Crippen LogP contribution >= 0.6 is 0 Å². The number of hydrogen-bond acceptors (Lipinski definition) is 4. The van der Waals surface area contributed by atoms with Crippen LogP contribution in [0.3, 0.4) is 0 Å². The maximum atomic E-state index is 12.8. The second-order valence-corrected chi connectivity index (χ2v) is 7.91. The first kappa shape index (κ1) is 20.6. The number of rotatable bonds is 7. The Kier molecular flexibility index (Phi) is 6.75. The molecule has 0 aromatic heterocycles. The van der Waals surface area contributed by atoms with E-state index in [9.17, 15) is 13.2 Å². The van der Waals surface area contributed by atoms with Crippen LogP contribution in [-0.2, 0) is 21.4 Å². The Morgan fingerprint density at radius 2 is 1.70 bits per heavy atom. The van der Waals surface area contributed by atoms with Crippen molar-refractivity contribution in [3.63, 3.8) is 0 Å². The maximum absolute atomic E-state index is 12.8. The fourth-order valence-electron chi connectivity index (χ4n) is 2.42. The highest BCUT2D eigenvalue weighted by Gasteiger charge is 2.22. The van der Waals surface area contributed by atoms with Gasteiger partial charge >= 0.3 is 0 Å². The predicted octanol–water partition coefficient (Wildman–Crippen LogP) is 2.45. The Hall–Kier alpha value is -2.66. The van der Waals surface area contributed by atoms with Crippen molar-refractivity contribution in [3.8, 4) is 12.3 Å². The van der Waals surface area contributed by atoms with Crippen LogP contribution in [0.2, 0.25) is 0 Å². The van der Waals surface area contributed by atoms with Crippen LogP contribution < -0.4 is 0 Å². The molecule has 0 unspecified atom stereocenters. The van der Waals surface area contributed by atoms with E-state index in [4.69, 9.17) is 11.3 Å². The minimum absolute atomic E-state index is 0.0328. The van der Waals surface area contributed by atoms with Crippen LogP contribution in [0, 0.1) is 19.3 Å². The zero-order valence-corrected chi connectivity index (χ0v) is 16.4. The molecule has 0 aliphatic carbocycles. The summed E-state index contributed by atoms with van der Waals surface area (Å²) in [4.78, 5) is 19.1. The van der Waals surface area contributed by atoms with Crippen molar-refractivity contribution in [3.05, 3.63) is 65.2 Å². The van der Waals surface area contributed by atoms with Crippen molar-refractivity contribution >= 4 is 15.9 Å². The number of aryl methyl sites for hydroxylation is 1. The summed E-state index contributed by atoms with van der Waals surface area (Å²) >= 11 is 0. The van der Waals surface area contributed by atoms with Crippen LogP contribution in [0.5, 0.6) is 0 Å². The third kappa shape index (κ3) is 4.95. The summed E-state index contributed by atoms with van der Waals surface area (Å²) in [6.07, 6.45) is 5.41. The molecule has 1 amide bonds. The van der Waals surface area contributed by atoms with Gasteiger partial charge in [0, 0.05) is 19.2 Å². The highest BCUT2D eigenvalue weighted by molar-refractivity contribution is 7.89. The zero-order chi connectivity index (χ0) is 20.0. The molecule has 0 fully saturated rings. The fourth-order valence-corrected chi connectivity index (χ4v) is 3.40. The van der Waals surface area contributed by atoms with Gasteiger partial charge in [0.1, 0.15) is 0 Å². The smallest absolute Gasteiger partial charge is 0.264 e. The van der Waals surface area contributed by atoms with E-state index in [0.717, 1.165) is 15.6 Å². The molecular formula is C20H22N2O4S. The molecule has 2 rings (SSSR count). The molecular weight excluding hydrogens is 364 g/mol. The van der Waals surface area contributed by atoms with Gasteiger partial charge in [-0.2, -0.15) is 0 Å². The molecule has 142 valence electrons. The summed E-state index contributed by atoms with van der Waals surface area (Å²) < 4.78 is 25.2. The topological polar surface area (TPSA) is 66.9 Å². The van der Waals surface area contributed by atoms with Gasteiger partial charge in [-0.05, 0) is 36.8 Å². The number of nitrogens with zero attached hydrogens (tertiary/aromatic N) is 2. The Morgan fingerprint density at radius 3 is 2.22 bits per heavy atom. The number of carbonyl (C=O) groups excluding carboxylic acids is 1. The lowest BCUT2D eigenvalue weighted by Gasteiger charge is -2.21. The third-order valence-electron chi connectivity index (χ3n) is 4.06. The van der Waals surface area contributed by atoms with E-state index in [0.29, 0.717) is 12.1 Å². The van der Waals surface area contributed by atoms with Crippen LogP contribution in [0.25, 0.3) is 0 Å². The van der Waals surface area contributed by atoms with Crippen molar-refractivity contribution in [2.75, 3.05) is 20.7 Å². The van der Waals surface area contributed by atoms with Crippen LogP contribution in [0.4, 0.5) is 0 Å². The first-order valence-electron chi connectivity index (χ1n) is 8.21. The highest BCUT2D eigenvalue weighted by Crippen LogP contribution is 2.17. The number of amides is 1. The molecule has 0 atom stereocenters. The van der Waals surface area contributed by atoms with E-state index in [-0.39, 0.29) is 17.3 Å². The molecule has 7 heteroatoms. The molecule has 0 spiro atoms. The second kappa shape index (κ2) is 8.82. The summed E-state index contributed by atoms with van der Waals surface area (Å²) in [7, 11) is -1.20. The van der Waals surface area contributed by atoms with Gasteiger partial charge in [0.2, 0.25) is 0 Å². The van der Waals surface area contributed by atoms with E-state index in [2.05, 4.69) is 5.92 Å². The normalized spacial score (nSPS) is 11.2. The number of benzene rings is 2. The van der Waals surface area contributed by atoms with Crippen LogP contribution in [0.1, 0.15) is 21.5 Å².